The first-order valence-electron chi connectivity index (χ1n) is 12.3. The lowest BCUT2D eigenvalue weighted by Crippen LogP contribution is -2.36. The SMILES string of the molecule is CCCCCCCCCCCCCCCC[n+]1ccccc1.C[N+](C)(C)CCO. The Hall–Kier alpha value is -0.930. The Morgan fingerprint density at radius 1 is 0.621 bits per heavy atom. The van der Waals surface area contributed by atoms with Crippen molar-refractivity contribution < 1.29 is 14.2 Å². The lowest BCUT2D eigenvalue weighted by molar-refractivity contribution is -0.870. The van der Waals surface area contributed by atoms with Gasteiger partial charge < -0.3 is 9.59 Å². The molecule has 0 bridgehead atoms. The molecule has 0 aliphatic rings. The van der Waals surface area contributed by atoms with Crippen LogP contribution >= 0.6 is 0 Å². The summed E-state index contributed by atoms with van der Waals surface area (Å²) in [5.41, 5.74) is 0. The topological polar surface area (TPSA) is 24.1 Å². The van der Waals surface area contributed by atoms with Crippen molar-refractivity contribution in [3.8, 4) is 0 Å². The predicted octanol–water partition coefficient (Wildman–Crippen LogP) is 6.14. The van der Waals surface area contributed by atoms with E-state index in [9.17, 15) is 0 Å². The van der Waals surface area contributed by atoms with E-state index in [2.05, 4.69) is 63.2 Å². The van der Waals surface area contributed by atoms with Crippen LogP contribution in [0.4, 0.5) is 0 Å². The van der Waals surface area contributed by atoms with Crippen LogP contribution in [0.1, 0.15) is 96.8 Å². The number of pyridine rings is 1. The molecule has 0 aromatic carbocycles. The minimum atomic E-state index is 0.281. The second-order valence-electron chi connectivity index (χ2n) is 9.45. The number of aliphatic hydroxyl groups is 1. The number of nitrogens with zero attached hydrogens (tertiary/aromatic N) is 2. The van der Waals surface area contributed by atoms with E-state index in [0.717, 1.165) is 11.0 Å². The molecule has 170 valence electrons. The number of aromatic nitrogens is 1. The molecule has 0 saturated carbocycles. The molecular formula is C26H52N2O+2. The van der Waals surface area contributed by atoms with E-state index in [-0.39, 0.29) is 6.61 Å². The van der Waals surface area contributed by atoms with Gasteiger partial charge in [0.05, 0.1) is 27.7 Å². The lowest BCUT2D eigenvalue weighted by atomic mass is 10.0. The Kier molecular flexibility index (Phi) is 19.7. The minimum Gasteiger partial charge on any atom is -0.391 e. The molecule has 1 N–H and O–H groups in total. The molecule has 1 aromatic heterocycles. The van der Waals surface area contributed by atoms with Gasteiger partial charge in [-0.2, -0.15) is 0 Å². The summed E-state index contributed by atoms with van der Waals surface area (Å²) in [4.78, 5) is 0. The molecule has 3 nitrogen and oxygen atoms in total. The first-order valence-corrected chi connectivity index (χ1v) is 12.3. The zero-order valence-electron chi connectivity index (χ0n) is 20.2. The Balaban J connectivity index is 0.000000956. The number of likely N-dealkylation sites (N-methyl/N-ethyl adjacent to an activating group) is 1. The van der Waals surface area contributed by atoms with Crippen molar-refractivity contribution >= 4 is 0 Å². The Morgan fingerprint density at radius 2 is 1.03 bits per heavy atom. The monoisotopic (exact) mass is 408 g/mol. The third kappa shape index (κ3) is 23.2. The van der Waals surface area contributed by atoms with Crippen molar-refractivity contribution in [2.75, 3.05) is 34.3 Å². The molecule has 0 fully saturated rings. The van der Waals surface area contributed by atoms with E-state index in [0.29, 0.717) is 0 Å². The van der Waals surface area contributed by atoms with Gasteiger partial charge in [0.15, 0.2) is 12.4 Å². The largest absolute Gasteiger partial charge is 0.391 e. The van der Waals surface area contributed by atoms with Crippen LogP contribution in [0.25, 0.3) is 0 Å². The van der Waals surface area contributed by atoms with Gasteiger partial charge in [0.1, 0.15) is 13.1 Å². The molecule has 0 saturated heterocycles. The molecule has 0 aliphatic carbocycles. The number of rotatable bonds is 17. The Bertz CT molecular complexity index is 428. The van der Waals surface area contributed by atoms with Crippen LogP contribution in [0.3, 0.4) is 0 Å². The van der Waals surface area contributed by atoms with Gasteiger partial charge in [-0.1, -0.05) is 90.0 Å². The quantitative estimate of drug-likeness (QED) is 0.187. The average Bonchev–Trinajstić information content (AvgIpc) is 2.68. The van der Waals surface area contributed by atoms with Gasteiger partial charge in [0, 0.05) is 18.6 Å². The standard InChI is InChI=1S/C21H38N.C5H14NO/c1-2-3-4-5-6-7-8-9-10-11-12-13-14-16-19-22-20-17-15-18-21-22;1-6(2,3)4-5-7/h15,17-18,20-21H,2-14,16,19H2,1H3;7H,4-5H2,1-3H3/q2*+1. The normalized spacial score (nSPS) is 11.2. The summed E-state index contributed by atoms with van der Waals surface area (Å²) in [5.74, 6) is 0. The summed E-state index contributed by atoms with van der Waals surface area (Å²) < 4.78 is 3.14. The van der Waals surface area contributed by atoms with E-state index >= 15 is 0 Å². The molecule has 0 radical (unpaired) electrons. The number of aliphatic hydroxyl groups excluding tert-OH is 1. The van der Waals surface area contributed by atoms with E-state index in [1.807, 2.05) is 0 Å². The summed E-state index contributed by atoms with van der Waals surface area (Å²) in [6.45, 7) is 4.59. The smallest absolute Gasteiger partial charge is 0.168 e. The molecule has 29 heavy (non-hydrogen) atoms. The predicted molar refractivity (Wildman–Crippen MR) is 127 cm³/mol. The second kappa shape index (κ2) is 20.3. The van der Waals surface area contributed by atoms with Crippen LogP contribution in [0.5, 0.6) is 0 Å². The number of hydrogen-bond donors (Lipinski definition) is 1. The van der Waals surface area contributed by atoms with Gasteiger partial charge in [-0.15, -0.1) is 0 Å². The molecule has 0 unspecified atom stereocenters. The van der Waals surface area contributed by atoms with Gasteiger partial charge in [-0.25, -0.2) is 4.57 Å². The first kappa shape index (κ1) is 28.1. The van der Waals surface area contributed by atoms with Crippen molar-refractivity contribution in [2.45, 2.75) is 103 Å². The molecule has 3 heteroatoms. The van der Waals surface area contributed by atoms with E-state index < -0.39 is 0 Å². The molecule has 0 spiro atoms. The number of unbranched alkanes of at least 4 members (excludes halogenated alkanes) is 13. The minimum absolute atomic E-state index is 0.281. The number of hydrogen-bond acceptors (Lipinski definition) is 1. The molecule has 0 aliphatic heterocycles. The molecule has 1 heterocycles. The lowest BCUT2D eigenvalue weighted by Gasteiger charge is -2.21. The third-order valence-corrected chi connectivity index (χ3v) is 5.32. The average molecular weight is 409 g/mol. The molecule has 0 atom stereocenters. The fraction of sp³-hybridized carbons (Fsp3) is 0.808. The summed E-state index contributed by atoms with van der Waals surface area (Å²) >= 11 is 0. The van der Waals surface area contributed by atoms with Gasteiger partial charge >= 0.3 is 0 Å². The van der Waals surface area contributed by atoms with Crippen LogP contribution in [0, 0.1) is 0 Å². The summed E-state index contributed by atoms with van der Waals surface area (Å²) in [5, 5.41) is 8.39. The van der Waals surface area contributed by atoms with Crippen LogP contribution in [-0.2, 0) is 6.54 Å². The molecule has 1 aromatic rings. The summed E-state index contributed by atoms with van der Waals surface area (Å²) in [6, 6.07) is 6.31. The highest BCUT2D eigenvalue weighted by Gasteiger charge is 2.02. The van der Waals surface area contributed by atoms with E-state index in [4.69, 9.17) is 5.11 Å². The highest BCUT2D eigenvalue weighted by atomic mass is 16.3. The Morgan fingerprint density at radius 3 is 1.38 bits per heavy atom. The first-order chi connectivity index (χ1) is 14.0. The number of quaternary nitrogens is 1. The van der Waals surface area contributed by atoms with Gasteiger partial charge in [0.2, 0.25) is 0 Å². The molecule has 1 rings (SSSR count). The van der Waals surface area contributed by atoms with Crippen molar-refractivity contribution in [1.29, 1.82) is 0 Å². The van der Waals surface area contributed by atoms with E-state index in [1.165, 1.54) is 96.4 Å². The van der Waals surface area contributed by atoms with Gasteiger partial charge in [0.25, 0.3) is 0 Å². The van der Waals surface area contributed by atoms with Crippen molar-refractivity contribution in [2.24, 2.45) is 0 Å². The second-order valence-corrected chi connectivity index (χ2v) is 9.45. The highest BCUT2D eigenvalue weighted by molar-refractivity contribution is 4.83. The fourth-order valence-electron chi connectivity index (χ4n) is 3.37. The third-order valence-electron chi connectivity index (χ3n) is 5.32. The Labute approximate surface area is 182 Å². The van der Waals surface area contributed by atoms with Gasteiger partial charge in [-0.05, 0) is 6.42 Å². The summed E-state index contributed by atoms with van der Waals surface area (Å²) in [6.07, 6.45) is 24.4. The van der Waals surface area contributed by atoms with Crippen molar-refractivity contribution in [3.63, 3.8) is 0 Å². The van der Waals surface area contributed by atoms with Crippen LogP contribution < -0.4 is 4.57 Å². The van der Waals surface area contributed by atoms with Crippen molar-refractivity contribution in [1.82, 2.24) is 0 Å². The maximum absolute atomic E-state index is 8.39. The maximum atomic E-state index is 8.39. The maximum Gasteiger partial charge on any atom is 0.168 e. The highest BCUT2D eigenvalue weighted by Crippen LogP contribution is 2.12. The zero-order valence-corrected chi connectivity index (χ0v) is 20.2. The molecular weight excluding hydrogens is 356 g/mol. The van der Waals surface area contributed by atoms with E-state index in [1.54, 1.807) is 0 Å². The summed E-state index contributed by atoms with van der Waals surface area (Å²) in [7, 11) is 6.16. The van der Waals surface area contributed by atoms with Crippen molar-refractivity contribution in [3.05, 3.63) is 30.6 Å². The molecule has 0 amide bonds. The fourth-order valence-corrected chi connectivity index (χ4v) is 3.37. The van der Waals surface area contributed by atoms with Gasteiger partial charge in [-0.3, -0.25) is 0 Å². The van der Waals surface area contributed by atoms with Crippen LogP contribution in [0.2, 0.25) is 0 Å². The number of aryl methyl sites for hydroxylation is 1. The van der Waals surface area contributed by atoms with Crippen LogP contribution in [0.15, 0.2) is 30.6 Å². The van der Waals surface area contributed by atoms with Crippen LogP contribution in [-0.4, -0.2) is 43.9 Å². The zero-order chi connectivity index (χ0) is 21.6.